The van der Waals surface area contributed by atoms with Crippen LogP contribution in [0.1, 0.15) is 29.3 Å². The van der Waals surface area contributed by atoms with Gasteiger partial charge < -0.3 is 14.6 Å². The Kier molecular flexibility index (Phi) is 7.05. The van der Waals surface area contributed by atoms with Crippen molar-refractivity contribution in [3.63, 3.8) is 0 Å². The Morgan fingerprint density at radius 1 is 1.36 bits per heavy atom. The first-order chi connectivity index (χ1) is 12.0. The number of nitrogens with one attached hydrogen (secondary N) is 1. The second-order valence-electron chi connectivity index (χ2n) is 5.14. The van der Waals surface area contributed by atoms with Gasteiger partial charge in [0.25, 0.3) is 0 Å². The molecule has 6 nitrogen and oxygen atoms in total. The number of rotatable bonds is 8. The Morgan fingerprint density at radius 2 is 2.16 bits per heavy atom. The maximum atomic E-state index is 11.0. The Labute approximate surface area is 160 Å². The molecule has 0 spiro atoms. The molecule has 0 fully saturated rings. The van der Waals surface area contributed by atoms with Crippen molar-refractivity contribution in [2.45, 2.75) is 13.3 Å². The van der Waals surface area contributed by atoms with E-state index in [1.807, 2.05) is 19.1 Å². The summed E-state index contributed by atoms with van der Waals surface area (Å²) in [5, 5.41) is 13.1. The highest BCUT2D eigenvalue weighted by molar-refractivity contribution is 14.1. The molecule has 0 saturated carbocycles. The summed E-state index contributed by atoms with van der Waals surface area (Å²) in [6.45, 7) is 2.67. The Hall–Kier alpha value is -2.29. The van der Waals surface area contributed by atoms with Crippen molar-refractivity contribution in [3.8, 4) is 11.5 Å². The molecule has 132 valence electrons. The number of ether oxygens (including phenoxy) is 2. The van der Waals surface area contributed by atoms with Crippen molar-refractivity contribution in [1.29, 1.82) is 0 Å². The summed E-state index contributed by atoms with van der Waals surface area (Å²) in [5.41, 5.74) is 4.47. The maximum absolute atomic E-state index is 11.0. The highest BCUT2D eigenvalue weighted by atomic mass is 127. The SMILES string of the molecule is CCCOc1c(I)cc(/C=N/Nc2cccc(C(=O)O)c2)cc1OC. The summed E-state index contributed by atoms with van der Waals surface area (Å²) in [6, 6.07) is 10.2. The van der Waals surface area contributed by atoms with Crippen LogP contribution >= 0.6 is 22.6 Å². The molecule has 0 saturated heterocycles. The van der Waals surface area contributed by atoms with Gasteiger partial charge in [-0.05, 0) is 64.9 Å². The average Bonchev–Trinajstić information content (AvgIpc) is 2.60. The highest BCUT2D eigenvalue weighted by Gasteiger charge is 2.10. The first-order valence-electron chi connectivity index (χ1n) is 7.68. The number of methoxy groups -OCH3 is 1. The van der Waals surface area contributed by atoms with Crippen LogP contribution in [-0.2, 0) is 0 Å². The summed E-state index contributed by atoms with van der Waals surface area (Å²) in [5.74, 6) is 0.397. The molecule has 0 aliphatic rings. The maximum Gasteiger partial charge on any atom is 0.335 e. The van der Waals surface area contributed by atoms with Crippen LogP contribution in [0.2, 0.25) is 0 Å². The summed E-state index contributed by atoms with van der Waals surface area (Å²) >= 11 is 2.20. The lowest BCUT2D eigenvalue weighted by molar-refractivity contribution is 0.0697. The predicted molar refractivity (Wildman–Crippen MR) is 106 cm³/mol. The van der Waals surface area contributed by atoms with Gasteiger partial charge in [0.05, 0.1) is 34.8 Å². The van der Waals surface area contributed by atoms with Gasteiger partial charge in [-0.1, -0.05) is 13.0 Å². The molecular weight excluding hydrogens is 435 g/mol. The van der Waals surface area contributed by atoms with Crippen LogP contribution in [0.25, 0.3) is 0 Å². The van der Waals surface area contributed by atoms with E-state index in [0.717, 1.165) is 21.3 Å². The van der Waals surface area contributed by atoms with Crippen molar-refractivity contribution >= 4 is 40.5 Å². The van der Waals surface area contributed by atoms with Crippen molar-refractivity contribution in [2.75, 3.05) is 19.1 Å². The average molecular weight is 454 g/mol. The van der Waals surface area contributed by atoms with Crippen LogP contribution in [0.5, 0.6) is 11.5 Å². The minimum Gasteiger partial charge on any atom is -0.493 e. The van der Waals surface area contributed by atoms with Crippen molar-refractivity contribution < 1.29 is 19.4 Å². The standard InChI is InChI=1S/C18H19IN2O4/c1-3-7-25-17-15(19)8-12(9-16(17)24-2)11-20-21-14-6-4-5-13(10-14)18(22)23/h4-6,8-11,21H,3,7H2,1-2H3,(H,22,23)/b20-11+. The summed E-state index contributed by atoms with van der Waals surface area (Å²) < 4.78 is 12.0. The molecule has 0 aliphatic carbocycles. The van der Waals surface area contributed by atoms with Gasteiger partial charge in [0.1, 0.15) is 0 Å². The molecule has 2 rings (SSSR count). The molecule has 0 unspecified atom stereocenters. The molecule has 0 amide bonds. The number of halogens is 1. The molecule has 0 aromatic heterocycles. The fourth-order valence-electron chi connectivity index (χ4n) is 2.06. The molecule has 25 heavy (non-hydrogen) atoms. The lowest BCUT2D eigenvalue weighted by Gasteiger charge is -2.12. The zero-order valence-corrected chi connectivity index (χ0v) is 16.1. The van der Waals surface area contributed by atoms with Gasteiger partial charge in [-0.3, -0.25) is 5.43 Å². The third kappa shape index (κ3) is 5.35. The van der Waals surface area contributed by atoms with Gasteiger partial charge in [-0.25, -0.2) is 4.79 Å². The number of nitrogens with zero attached hydrogens (tertiary/aromatic N) is 1. The van der Waals surface area contributed by atoms with Crippen LogP contribution in [0.4, 0.5) is 5.69 Å². The van der Waals surface area contributed by atoms with E-state index in [4.69, 9.17) is 14.6 Å². The van der Waals surface area contributed by atoms with Crippen LogP contribution in [0.15, 0.2) is 41.5 Å². The smallest absolute Gasteiger partial charge is 0.335 e. The number of anilines is 1. The molecule has 7 heteroatoms. The zero-order chi connectivity index (χ0) is 18.2. The molecule has 2 aromatic rings. The molecule has 0 aliphatic heterocycles. The Morgan fingerprint density at radius 3 is 2.84 bits per heavy atom. The van der Waals surface area contributed by atoms with Gasteiger partial charge in [0.2, 0.25) is 0 Å². The van der Waals surface area contributed by atoms with Crippen molar-refractivity contribution in [2.24, 2.45) is 5.10 Å². The Bertz CT molecular complexity index is 778. The largest absolute Gasteiger partial charge is 0.493 e. The lowest BCUT2D eigenvalue weighted by atomic mass is 10.2. The quantitative estimate of drug-likeness (QED) is 0.355. The second kappa shape index (κ2) is 9.26. The number of hydrazone groups is 1. The predicted octanol–water partition coefficient (Wildman–Crippen LogP) is 4.23. The summed E-state index contributed by atoms with van der Waals surface area (Å²) in [6.07, 6.45) is 2.56. The minimum atomic E-state index is -0.977. The van der Waals surface area contributed by atoms with E-state index in [0.29, 0.717) is 18.0 Å². The molecule has 2 N–H and O–H groups in total. The minimum absolute atomic E-state index is 0.203. The highest BCUT2D eigenvalue weighted by Crippen LogP contribution is 2.33. The fraction of sp³-hybridized carbons (Fsp3) is 0.222. The van der Waals surface area contributed by atoms with Gasteiger partial charge in [-0.2, -0.15) is 5.10 Å². The first-order valence-corrected chi connectivity index (χ1v) is 8.75. The van der Waals surface area contributed by atoms with Crippen LogP contribution in [0, 0.1) is 3.57 Å². The van der Waals surface area contributed by atoms with Gasteiger partial charge in [0, 0.05) is 0 Å². The van der Waals surface area contributed by atoms with Gasteiger partial charge in [0.15, 0.2) is 11.5 Å². The van der Waals surface area contributed by atoms with Crippen LogP contribution < -0.4 is 14.9 Å². The molecule has 0 radical (unpaired) electrons. The topological polar surface area (TPSA) is 80.2 Å². The van der Waals surface area contributed by atoms with E-state index in [1.165, 1.54) is 12.1 Å². The zero-order valence-electron chi connectivity index (χ0n) is 14.0. The third-order valence-electron chi connectivity index (χ3n) is 3.22. The molecular formula is C18H19IN2O4. The molecule has 0 heterocycles. The normalized spacial score (nSPS) is 10.7. The lowest BCUT2D eigenvalue weighted by Crippen LogP contribution is -2.01. The number of aromatic carboxylic acids is 1. The van der Waals surface area contributed by atoms with E-state index in [2.05, 4.69) is 33.1 Å². The molecule has 2 aromatic carbocycles. The number of hydrogen-bond acceptors (Lipinski definition) is 5. The number of carbonyl (C=O) groups is 1. The monoisotopic (exact) mass is 454 g/mol. The number of benzene rings is 2. The van der Waals surface area contributed by atoms with E-state index >= 15 is 0 Å². The van der Waals surface area contributed by atoms with Crippen molar-refractivity contribution in [3.05, 3.63) is 51.1 Å². The van der Waals surface area contributed by atoms with Crippen LogP contribution in [-0.4, -0.2) is 31.0 Å². The summed E-state index contributed by atoms with van der Waals surface area (Å²) in [7, 11) is 1.60. The van der Waals surface area contributed by atoms with Crippen LogP contribution in [0.3, 0.4) is 0 Å². The summed E-state index contributed by atoms with van der Waals surface area (Å²) in [4.78, 5) is 11.0. The van der Waals surface area contributed by atoms with E-state index < -0.39 is 5.97 Å². The third-order valence-corrected chi connectivity index (χ3v) is 4.02. The van der Waals surface area contributed by atoms with Crippen molar-refractivity contribution in [1.82, 2.24) is 0 Å². The van der Waals surface area contributed by atoms with Gasteiger partial charge >= 0.3 is 5.97 Å². The van der Waals surface area contributed by atoms with E-state index in [1.54, 1.807) is 25.5 Å². The first kappa shape index (κ1) is 19.0. The number of hydrogen-bond donors (Lipinski definition) is 2. The molecule has 0 atom stereocenters. The van der Waals surface area contributed by atoms with Gasteiger partial charge in [-0.15, -0.1) is 0 Å². The number of carboxylic acid groups (broad SMARTS) is 1. The van der Waals surface area contributed by atoms with E-state index in [-0.39, 0.29) is 5.56 Å². The molecule has 0 bridgehead atoms. The second-order valence-corrected chi connectivity index (χ2v) is 6.30. The van der Waals surface area contributed by atoms with E-state index in [9.17, 15) is 4.79 Å². The number of carboxylic acids is 1. The fourth-order valence-corrected chi connectivity index (χ4v) is 2.84. The Balaban J connectivity index is 2.14.